The van der Waals surface area contributed by atoms with E-state index < -0.39 is 5.82 Å². The number of hydrogen-bond acceptors (Lipinski definition) is 6. The summed E-state index contributed by atoms with van der Waals surface area (Å²) in [6, 6.07) is 3.85. The van der Waals surface area contributed by atoms with Crippen LogP contribution in [0.5, 0.6) is 5.75 Å². The Morgan fingerprint density at radius 3 is 2.44 bits per heavy atom. The molecule has 180 valence electrons. The Bertz CT molecular complexity index is 1260. The zero-order valence-corrected chi connectivity index (χ0v) is 21.0. The van der Waals surface area contributed by atoms with Crippen molar-refractivity contribution in [1.82, 2.24) is 20.3 Å². The highest BCUT2D eigenvalue weighted by molar-refractivity contribution is 6.32. The van der Waals surface area contributed by atoms with E-state index in [1.54, 1.807) is 6.20 Å². The minimum atomic E-state index is -0.520. The van der Waals surface area contributed by atoms with Gasteiger partial charge in [-0.2, -0.15) is 0 Å². The molecule has 2 bridgehead atoms. The maximum atomic E-state index is 16.2. The minimum absolute atomic E-state index is 0.0161. The zero-order chi connectivity index (χ0) is 24.4. The predicted molar refractivity (Wildman–Crippen MR) is 134 cm³/mol. The third-order valence-electron chi connectivity index (χ3n) is 6.80. The van der Waals surface area contributed by atoms with Crippen molar-refractivity contribution < 1.29 is 9.50 Å². The standard InChI is InChI=1S/C26H31ClFN5O/c1-13(2)20-17(8-16(34)9-19(20)27)22-21(28)23-18(10-29-22)24(32-25(31-23)26(3,4)5)33-11-14-6-7-15(12-33)30-14/h8-10,13-15,30,34H,6-7,11-12H2,1-5H3. The molecule has 5 rings (SSSR count). The summed E-state index contributed by atoms with van der Waals surface area (Å²) in [6.45, 7) is 11.7. The number of benzene rings is 1. The Kier molecular flexibility index (Phi) is 5.68. The van der Waals surface area contributed by atoms with Crippen LogP contribution in [0.15, 0.2) is 18.3 Å². The molecule has 0 aliphatic carbocycles. The number of piperazine rings is 1. The number of halogens is 2. The second-order valence-electron chi connectivity index (χ2n) is 10.9. The minimum Gasteiger partial charge on any atom is -0.508 e. The first-order valence-electron chi connectivity index (χ1n) is 11.9. The molecule has 1 aromatic carbocycles. The lowest BCUT2D eigenvalue weighted by atomic mass is 9.93. The molecule has 4 heterocycles. The van der Waals surface area contributed by atoms with E-state index >= 15 is 4.39 Å². The SMILES string of the molecule is CC(C)c1c(Cl)cc(O)cc1-c1ncc2c(N3CC4CCC(C3)N4)nc(C(C)(C)C)nc2c1F. The molecular formula is C26H31ClFN5O. The molecular weight excluding hydrogens is 453 g/mol. The zero-order valence-electron chi connectivity index (χ0n) is 20.3. The number of nitrogens with zero attached hydrogens (tertiary/aromatic N) is 4. The van der Waals surface area contributed by atoms with E-state index in [0.29, 0.717) is 33.9 Å². The van der Waals surface area contributed by atoms with Gasteiger partial charge >= 0.3 is 0 Å². The van der Waals surface area contributed by atoms with Crippen LogP contribution in [0.3, 0.4) is 0 Å². The largest absolute Gasteiger partial charge is 0.508 e. The molecule has 0 saturated carbocycles. The monoisotopic (exact) mass is 483 g/mol. The van der Waals surface area contributed by atoms with Crippen LogP contribution < -0.4 is 10.2 Å². The molecule has 34 heavy (non-hydrogen) atoms. The Hall–Kier alpha value is -2.51. The van der Waals surface area contributed by atoms with Gasteiger partial charge in [-0.25, -0.2) is 14.4 Å². The summed E-state index contributed by atoms with van der Waals surface area (Å²) in [5.74, 6) is 0.802. The lowest BCUT2D eigenvalue weighted by Gasteiger charge is -2.35. The van der Waals surface area contributed by atoms with E-state index in [1.807, 2.05) is 34.6 Å². The topological polar surface area (TPSA) is 74.2 Å². The number of aromatic nitrogens is 3. The van der Waals surface area contributed by atoms with Gasteiger partial charge in [0.25, 0.3) is 0 Å². The van der Waals surface area contributed by atoms with E-state index in [4.69, 9.17) is 21.6 Å². The molecule has 8 heteroatoms. The first kappa shape index (κ1) is 23.2. The van der Waals surface area contributed by atoms with Crippen LogP contribution in [-0.2, 0) is 5.41 Å². The van der Waals surface area contributed by atoms with Gasteiger partial charge in [0.2, 0.25) is 0 Å². The van der Waals surface area contributed by atoms with E-state index in [9.17, 15) is 5.11 Å². The highest BCUT2D eigenvalue weighted by Gasteiger charge is 2.35. The first-order chi connectivity index (χ1) is 16.0. The van der Waals surface area contributed by atoms with Crippen molar-refractivity contribution in [2.75, 3.05) is 18.0 Å². The Morgan fingerprint density at radius 2 is 1.82 bits per heavy atom. The van der Waals surface area contributed by atoms with Gasteiger partial charge in [-0.3, -0.25) is 4.98 Å². The van der Waals surface area contributed by atoms with Gasteiger partial charge in [-0.05, 0) is 36.5 Å². The Morgan fingerprint density at radius 1 is 1.15 bits per heavy atom. The fourth-order valence-electron chi connectivity index (χ4n) is 5.16. The van der Waals surface area contributed by atoms with E-state index in [2.05, 4.69) is 15.2 Å². The number of phenolic OH excluding ortho intramolecular Hbond substituents is 1. The van der Waals surface area contributed by atoms with Crippen molar-refractivity contribution >= 4 is 28.3 Å². The summed E-state index contributed by atoms with van der Waals surface area (Å²) in [4.78, 5) is 16.4. The number of anilines is 1. The number of phenols is 1. The molecule has 0 amide bonds. The summed E-state index contributed by atoms with van der Waals surface area (Å²) in [7, 11) is 0. The van der Waals surface area contributed by atoms with Crippen LogP contribution in [0.4, 0.5) is 10.2 Å². The highest BCUT2D eigenvalue weighted by Crippen LogP contribution is 2.40. The summed E-state index contributed by atoms with van der Waals surface area (Å²) < 4.78 is 16.2. The Labute approximate surface area is 204 Å². The summed E-state index contributed by atoms with van der Waals surface area (Å²) >= 11 is 6.45. The molecule has 2 aromatic heterocycles. The maximum absolute atomic E-state index is 16.2. The quantitative estimate of drug-likeness (QED) is 0.508. The van der Waals surface area contributed by atoms with Gasteiger partial charge in [0.05, 0.1) is 5.39 Å². The lowest BCUT2D eigenvalue weighted by Crippen LogP contribution is -2.51. The van der Waals surface area contributed by atoms with Crippen molar-refractivity contribution in [2.45, 2.75) is 70.9 Å². The molecule has 2 aliphatic heterocycles. The van der Waals surface area contributed by atoms with Crippen LogP contribution >= 0.6 is 11.6 Å². The van der Waals surface area contributed by atoms with Gasteiger partial charge in [-0.1, -0.05) is 46.2 Å². The van der Waals surface area contributed by atoms with E-state index in [1.165, 1.54) is 12.1 Å². The molecule has 6 nitrogen and oxygen atoms in total. The van der Waals surface area contributed by atoms with Crippen molar-refractivity contribution in [1.29, 1.82) is 0 Å². The summed E-state index contributed by atoms with van der Waals surface area (Å²) in [6.07, 6.45) is 3.95. The molecule has 2 aliphatic rings. The van der Waals surface area contributed by atoms with Gasteiger partial charge in [-0.15, -0.1) is 0 Å². The smallest absolute Gasteiger partial charge is 0.175 e. The lowest BCUT2D eigenvalue weighted by molar-refractivity contribution is 0.462. The molecule has 3 aromatic rings. The number of nitrogens with one attached hydrogen (secondary N) is 1. The number of fused-ring (bicyclic) bond motifs is 3. The van der Waals surface area contributed by atoms with Gasteiger partial charge in [0, 0.05) is 47.4 Å². The fraction of sp³-hybridized carbons (Fsp3) is 0.500. The molecule has 2 N–H and O–H groups in total. The van der Waals surface area contributed by atoms with Crippen LogP contribution in [0, 0.1) is 5.82 Å². The van der Waals surface area contributed by atoms with Crippen molar-refractivity contribution in [2.24, 2.45) is 0 Å². The second kappa shape index (κ2) is 8.31. The number of pyridine rings is 1. The van der Waals surface area contributed by atoms with E-state index in [0.717, 1.165) is 37.3 Å². The van der Waals surface area contributed by atoms with Crippen LogP contribution in [0.1, 0.15) is 64.8 Å². The third kappa shape index (κ3) is 3.99. The van der Waals surface area contributed by atoms with Crippen LogP contribution in [0.2, 0.25) is 5.02 Å². The van der Waals surface area contributed by atoms with Crippen molar-refractivity contribution in [3.63, 3.8) is 0 Å². The van der Waals surface area contributed by atoms with Crippen LogP contribution in [-0.4, -0.2) is 45.2 Å². The van der Waals surface area contributed by atoms with Crippen LogP contribution in [0.25, 0.3) is 22.2 Å². The molecule has 2 fully saturated rings. The average Bonchev–Trinajstić information content (AvgIpc) is 3.09. The fourth-order valence-corrected chi connectivity index (χ4v) is 5.59. The molecule has 0 radical (unpaired) electrons. The molecule has 0 spiro atoms. The summed E-state index contributed by atoms with van der Waals surface area (Å²) in [5.41, 5.74) is 1.26. The van der Waals surface area contributed by atoms with Crippen molar-refractivity contribution in [3.05, 3.63) is 40.6 Å². The van der Waals surface area contributed by atoms with Crippen molar-refractivity contribution in [3.8, 4) is 17.0 Å². The molecule has 2 atom stereocenters. The van der Waals surface area contributed by atoms with E-state index in [-0.39, 0.29) is 28.3 Å². The Balaban J connectivity index is 1.74. The normalized spacial score (nSPS) is 20.5. The first-order valence-corrected chi connectivity index (χ1v) is 12.3. The highest BCUT2D eigenvalue weighted by atomic mass is 35.5. The molecule has 2 saturated heterocycles. The number of hydrogen-bond donors (Lipinski definition) is 2. The van der Waals surface area contributed by atoms with Gasteiger partial charge < -0.3 is 15.3 Å². The maximum Gasteiger partial charge on any atom is 0.175 e. The average molecular weight is 484 g/mol. The second-order valence-corrected chi connectivity index (χ2v) is 11.3. The number of aromatic hydroxyl groups is 1. The summed E-state index contributed by atoms with van der Waals surface area (Å²) in [5, 5.41) is 14.8. The number of rotatable bonds is 3. The van der Waals surface area contributed by atoms with Gasteiger partial charge in [0.15, 0.2) is 5.82 Å². The third-order valence-corrected chi connectivity index (χ3v) is 7.11. The predicted octanol–water partition coefficient (Wildman–Crippen LogP) is 5.55. The van der Waals surface area contributed by atoms with Gasteiger partial charge in [0.1, 0.15) is 28.6 Å². The molecule has 2 unspecified atom stereocenters.